The molecule has 0 aliphatic rings. The van der Waals surface area contributed by atoms with E-state index in [4.69, 9.17) is 0 Å². The number of aromatic nitrogens is 2. The molecular formula is C16H22N4O3S4. The molecule has 0 saturated heterocycles. The minimum Gasteiger partial charge on any atom is -0.325 e. The number of anilines is 2. The Labute approximate surface area is 172 Å². The molecule has 1 heterocycles. The van der Waals surface area contributed by atoms with Gasteiger partial charge in [0.1, 0.15) is 0 Å². The lowest BCUT2D eigenvalue weighted by atomic mass is 10.2. The van der Waals surface area contributed by atoms with Gasteiger partial charge in [-0.3, -0.25) is 9.52 Å². The molecule has 0 fully saturated rings. The number of carbonyl (C=O) groups is 1. The number of thioether (sulfide) groups is 2. The third-order valence-electron chi connectivity index (χ3n) is 3.32. The number of amides is 1. The number of carbonyl (C=O) groups excluding carboxylic acids is 1. The molecule has 2 rings (SSSR count). The number of hydrogen-bond donors (Lipinski definition) is 2. The summed E-state index contributed by atoms with van der Waals surface area (Å²) in [6.45, 7) is 5.62. The Morgan fingerprint density at radius 2 is 2.04 bits per heavy atom. The summed E-state index contributed by atoms with van der Waals surface area (Å²) in [5.74, 6) is 0.518. The molecule has 2 N–H and O–H groups in total. The number of nitrogens with one attached hydrogen (secondary N) is 2. The Bertz CT molecular complexity index is 897. The molecule has 0 atom stereocenters. The highest BCUT2D eigenvalue weighted by molar-refractivity contribution is 8.01. The van der Waals surface area contributed by atoms with Gasteiger partial charge >= 0.3 is 0 Å². The normalized spacial score (nSPS) is 11.6. The molecule has 7 nitrogen and oxygen atoms in total. The minimum atomic E-state index is -3.84. The van der Waals surface area contributed by atoms with Crippen LogP contribution < -0.4 is 10.0 Å². The Morgan fingerprint density at radius 3 is 2.67 bits per heavy atom. The average Bonchev–Trinajstić information content (AvgIpc) is 3.06. The molecule has 0 bridgehead atoms. The van der Waals surface area contributed by atoms with Gasteiger partial charge in [-0.15, -0.1) is 22.0 Å². The van der Waals surface area contributed by atoms with Crippen LogP contribution in [-0.4, -0.2) is 36.5 Å². The molecule has 0 unspecified atom stereocenters. The summed E-state index contributed by atoms with van der Waals surface area (Å²) in [5.41, 5.74) is 0.473. The van der Waals surface area contributed by atoms with Gasteiger partial charge in [0.25, 0.3) is 10.0 Å². The fourth-order valence-corrected chi connectivity index (χ4v) is 5.37. The minimum absolute atomic E-state index is 0.0531. The molecule has 0 aliphatic carbocycles. The molecule has 11 heteroatoms. The highest BCUT2D eigenvalue weighted by Crippen LogP contribution is 2.31. The van der Waals surface area contributed by atoms with Gasteiger partial charge in [0.15, 0.2) is 4.34 Å². The molecule has 2 aromatic rings. The summed E-state index contributed by atoms with van der Waals surface area (Å²) in [6.07, 6.45) is 2.86. The lowest BCUT2D eigenvalue weighted by Gasteiger charge is -2.13. The number of sulfonamides is 1. The maximum Gasteiger partial charge on any atom is 0.263 e. The van der Waals surface area contributed by atoms with Crippen molar-refractivity contribution >= 4 is 61.6 Å². The predicted molar refractivity (Wildman–Crippen MR) is 113 cm³/mol. The first kappa shape index (κ1) is 22.0. The fourth-order valence-electron chi connectivity index (χ4n) is 1.90. The first-order valence-corrected chi connectivity index (χ1v) is 12.8. The van der Waals surface area contributed by atoms with E-state index < -0.39 is 10.0 Å². The first-order valence-electron chi connectivity index (χ1n) is 8.24. The van der Waals surface area contributed by atoms with Gasteiger partial charge in [0, 0.05) is 16.6 Å². The summed E-state index contributed by atoms with van der Waals surface area (Å²) in [4.78, 5) is 12.9. The maximum atomic E-state index is 12.7. The van der Waals surface area contributed by atoms with E-state index in [1.807, 2.05) is 6.26 Å². The summed E-state index contributed by atoms with van der Waals surface area (Å²) >= 11 is 4.17. The van der Waals surface area contributed by atoms with E-state index in [0.29, 0.717) is 5.69 Å². The summed E-state index contributed by atoms with van der Waals surface area (Å²) < 4.78 is 28.6. The van der Waals surface area contributed by atoms with Crippen molar-refractivity contribution in [1.82, 2.24) is 10.2 Å². The van der Waals surface area contributed by atoms with Crippen molar-refractivity contribution in [1.29, 1.82) is 0 Å². The molecule has 0 radical (unpaired) electrons. The van der Waals surface area contributed by atoms with E-state index in [-0.39, 0.29) is 21.9 Å². The van der Waals surface area contributed by atoms with E-state index in [1.54, 1.807) is 19.9 Å². The maximum absolute atomic E-state index is 12.7. The number of hydrogen-bond acceptors (Lipinski definition) is 8. The van der Waals surface area contributed by atoms with Crippen molar-refractivity contribution < 1.29 is 13.2 Å². The van der Waals surface area contributed by atoms with Gasteiger partial charge in [0.2, 0.25) is 11.0 Å². The van der Waals surface area contributed by atoms with Crippen LogP contribution in [0.2, 0.25) is 0 Å². The van der Waals surface area contributed by atoms with Gasteiger partial charge in [-0.2, -0.15) is 0 Å². The molecule has 0 saturated carbocycles. The van der Waals surface area contributed by atoms with Crippen molar-refractivity contribution in [2.75, 3.05) is 22.0 Å². The van der Waals surface area contributed by atoms with Gasteiger partial charge in [-0.1, -0.05) is 43.9 Å². The third kappa shape index (κ3) is 6.09. The topological polar surface area (TPSA) is 101 Å². The molecule has 27 heavy (non-hydrogen) atoms. The van der Waals surface area contributed by atoms with Crippen LogP contribution in [0.25, 0.3) is 0 Å². The Hall–Kier alpha value is -1.30. The van der Waals surface area contributed by atoms with Crippen LogP contribution in [-0.2, 0) is 14.8 Å². The quantitative estimate of drug-likeness (QED) is 0.558. The predicted octanol–water partition coefficient (Wildman–Crippen LogP) is 4.16. The standard InChI is InChI=1S/C16H22N4O3S4/c1-5-8-25-16-19-18-15(26-16)20-27(22,23)11-6-7-13(24-4)12(9-11)17-14(21)10(2)3/h6-7,9-10H,5,8H2,1-4H3,(H,17,21)(H,18,20). The van der Waals surface area contributed by atoms with E-state index >= 15 is 0 Å². The van der Waals surface area contributed by atoms with E-state index in [1.165, 1.54) is 47.0 Å². The zero-order chi connectivity index (χ0) is 20.0. The number of nitrogens with zero attached hydrogens (tertiary/aromatic N) is 2. The fraction of sp³-hybridized carbons (Fsp3) is 0.438. The van der Waals surface area contributed by atoms with Gasteiger partial charge in [-0.05, 0) is 30.9 Å². The van der Waals surface area contributed by atoms with Crippen molar-refractivity contribution in [3.8, 4) is 0 Å². The molecule has 148 valence electrons. The molecule has 1 amide bonds. The Kier molecular flexibility index (Phi) is 7.95. The van der Waals surface area contributed by atoms with Crippen LogP contribution in [0, 0.1) is 5.92 Å². The second kappa shape index (κ2) is 9.76. The van der Waals surface area contributed by atoms with E-state index in [9.17, 15) is 13.2 Å². The van der Waals surface area contributed by atoms with Crippen molar-refractivity contribution in [3.05, 3.63) is 18.2 Å². The number of rotatable bonds is 9. The lowest BCUT2D eigenvalue weighted by Crippen LogP contribution is -2.19. The summed E-state index contributed by atoms with van der Waals surface area (Å²) in [6, 6.07) is 4.65. The van der Waals surface area contributed by atoms with Gasteiger partial charge in [-0.25, -0.2) is 8.42 Å². The van der Waals surface area contributed by atoms with Crippen molar-refractivity contribution in [2.45, 2.75) is 41.3 Å². The molecule has 0 aliphatic heterocycles. The van der Waals surface area contributed by atoms with Gasteiger partial charge in [0.05, 0.1) is 10.6 Å². The van der Waals surface area contributed by atoms with Crippen LogP contribution in [0.5, 0.6) is 0 Å². The van der Waals surface area contributed by atoms with Crippen LogP contribution in [0.1, 0.15) is 27.2 Å². The largest absolute Gasteiger partial charge is 0.325 e. The Balaban J connectivity index is 2.24. The smallest absolute Gasteiger partial charge is 0.263 e. The highest BCUT2D eigenvalue weighted by Gasteiger charge is 2.20. The zero-order valence-electron chi connectivity index (χ0n) is 15.5. The van der Waals surface area contributed by atoms with Crippen LogP contribution in [0.4, 0.5) is 10.8 Å². The lowest BCUT2D eigenvalue weighted by molar-refractivity contribution is -0.118. The zero-order valence-corrected chi connectivity index (χ0v) is 18.7. The second-order valence-corrected chi connectivity index (χ2v) is 10.7. The van der Waals surface area contributed by atoms with Crippen LogP contribution >= 0.6 is 34.9 Å². The summed E-state index contributed by atoms with van der Waals surface area (Å²) in [5, 5.41) is 10.9. The van der Waals surface area contributed by atoms with Crippen LogP contribution in [0.3, 0.4) is 0 Å². The highest BCUT2D eigenvalue weighted by atomic mass is 32.2. The number of benzene rings is 1. The SMILES string of the molecule is CCCSc1nnc(NS(=O)(=O)c2ccc(SC)c(NC(=O)C(C)C)c2)s1. The van der Waals surface area contributed by atoms with Crippen LogP contribution in [0.15, 0.2) is 32.3 Å². The van der Waals surface area contributed by atoms with Crippen molar-refractivity contribution in [2.24, 2.45) is 5.92 Å². The summed E-state index contributed by atoms with van der Waals surface area (Å²) in [7, 11) is -3.84. The van der Waals surface area contributed by atoms with E-state index in [0.717, 1.165) is 21.4 Å². The molecule has 0 spiro atoms. The monoisotopic (exact) mass is 446 g/mol. The molecular weight excluding hydrogens is 424 g/mol. The van der Waals surface area contributed by atoms with E-state index in [2.05, 4.69) is 27.2 Å². The molecule has 1 aromatic carbocycles. The van der Waals surface area contributed by atoms with Gasteiger partial charge < -0.3 is 5.32 Å². The third-order valence-corrected chi connectivity index (χ3v) is 7.76. The van der Waals surface area contributed by atoms with Crippen molar-refractivity contribution in [3.63, 3.8) is 0 Å². The second-order valence-electron chi connectivity index (χ2n) is 5.83. The Morgan fingerprint density at radius 1 is 1.30 bits per heavy atom. The average molecular weight is 447 g/mol. The first-order chi connectivity index (χ1) is 12.8. The molecule has 1 aromatic heterocycles.